The molecule has 16 heavy (non-hydrogen) atoms. The Morgan fingerprint density at radius 1 is 0.625 bits per heavy atom. The van der Waals surface area contributed by atoms with Crippen LogP contribution in [0.15, 0.2) is 0 Å². The van der Waals surface area contributed by atoms with Crippen LogP contribution in [0.2, 0.25) is 0 Å². The van der Waals surface area contributed by atoms with Crippen molar-refractivity contribution < 1.29 is 0 Å². The van der Waals surface area contributed by atoms with Gasteiger partial charge in [0.15, 0.2) is 0 Å². The minimum absolute atomic E-state index is 0.620. The van der Waals surface area contributed by atoms with Crippen molar-refractivity contribution >= 4 is 0 Å². The minimum Gasteiger partial charge on any atom is -0.272 e. The molecule has 2 aliphatic rings. The Balaban J connectivity index is 2.19. The smallest absolute Gasteiger partial charge is 0.0942 e. The van der Waals surface area contributed by atoms with Crippen molar-refractivity contribution in [2.75, 3.05) is 39.5 Å². The molecule has 0 radical (unpaired) electrons. The van der Waals surface area contributed by atoms with Crippen LogP contribution in [0.1, 0.15) is 27.7 Å². The molecule has 94 valence electrons. The molecule has 0 aromatic rings. The zero-order valence-electron chi connectivity index (χ0n) is 11.2. The number of hydrogen-bond donors (Lipinski definition) is 0. The summed E-state index contributed by atoms with van der Waals surface area (Å²) in [6, 6.07) is 0. The second-order valence-electron chi connectivity index (χ2n) is 4.73. The van der Waals surface area contributed by atoms with Crippen molar-refractivity contribution in [1.29, 1.82) is 0 Å². The van der Waals surface area contributed by atoms with Crippen LogP contribution in [0.25, 0.3) is 0 Å². The van der Waals surface area contributed by atoms with Gasteiger partial charge < -0.3 is 0 Å². The third-order valence-corrected chi connectivity index (χ3v) is 4.11. The van der Waals surface area contributed by atoms with Crippen LogP contribution in [0.5, 0.6) is 0 Å². The summed E-state index contributed by atoms with van der Waals surface area (Å²) in [4.78, 5) is 10.4. The molecule has 2 heterocycles. The molecule has 0 aliphatic carbocycles. The maximum Gasteiger partial charge on any atom is 0.0942 e. The minimum atomic E-state index is 0.620. The van der Waals surface area contributed by atoms with Gasteiger partial charge in [0.25, 0.3) is 0 Å². The molecule has 0 aromatic carbocycles. The van der Waals surface area contributed by atoms with Crippen LogP contribution in [0.4, 0.5) is 0 Å². The summed E-state index contributed by atoms with van der Waals surface area (Å²) in [6.07, 6.45) is 1.24. The van der Waals surface area contributed by atoms with E-state index in [9.17, 15) is 0 Å². The van der Waals surface area contributed by atoms with E-state index in [4.69, 9.17) is 0 Å². The van der Waals surface area contributed by atoms with Gasteiger partial charge in [0.1, 0.15) is 0 Å². The van der Waals surface area contributed by atoms with E-state index in [0.717, 1.165) is 39.5 Å². The lowest BCUT2D eigenvalue weighted by Gasteiger charge is -2.28. The average Bonchev–Trinajstić information content (AvgIpc) is 2.85. The molecule has 0 amide bonds. The van der Waals surface area contributed by atoms with Crippen LogP contribution in [0.3, 0.4) is 0 Å². The summed E-state index contributed by atoms with van der Waals surface area (Å²) < 4.78 is 0. The highest BCUT2D eigenvalue weighted by Gasteiger charge is 2.49. The first-order chi connectivity index (χ1) is 7.76. The lowest BCUT2D eigenvalue weighted by molar-refractivity contribution is 0.0935. The summed E-state index contributed by atoms with van der Waals surface area (Å²) in [6.45, 7) is 16.0. The summed E-state index contributed by atoms with van der Waals surface area (Å²) >= 11 is 0. The van der Waals surface area contributed by atoms with Crippen molar-refractivity contribution in [3.8, 4) is 0 Å². The zero-order chi connectivity index (χ0) is 11.7. The van der Waals surface area contributed by atoms with Gasteiger partial charge in [-0.05, 0) is 26.2 Å². The largest absolute Gasteiger partial charge is 0.272 e. The number of nitrogens with zero attached hydrogens (tertiary/aromatic N) is 4. The van der Waals surface area contributed by atoms with Crippen molar-refractivity contribution in [3.63, 3.8) is 0 Å². The molecule has 0 aromatic heterocycles. The first-order valence-corrected chi connectivity index (χ1v) is 6.72. The van der Waals surface area contributed by atoms with Gasteiger partial charge in [0.05, 0.1) is 25.7 Å². The third kappa shape index (κ3) is 1.78. The summed E-state index contributed by atoms with van der Waals surface area (Å²) in [7, 11) is 0. The van der Waals surface area contributed by atoms with Crippen LogP contribution in [-0.4, -0.2) is 71.4 Å². The van der Waals surface area contributed by atoms with E-state index in [-0.39, 0.29) is 0 Å². The fraction of sp³-hybridized carbons (Fsp3) is 1.00. The van der Waals surface area contributed by atoms with Gasteiger partial charge in [-0.25, -0.2) is 0 Å². The van der Waals surface area contributed by atoms with E-state index < -0.39 is 0 Å². The van der Waals surface area contributed by atoms with E-state index in [1.54, 1.807) is 0 Å². The molecule has 4 nitrogen and oxygen atoms in total. The Hall–Kier alpha value is -0.160. The Morgan fingerprint density at radius 3 is 1.06 bits per heavy atom. The maximum atomic E-state index is 2.60. The normalized spacial score (nSPS) is 33.8. The Bertz CT molecular complexity index is 189. The average molecular weight is 226 g/mol. The summed E-state index contributed by atoms with van der Waals surface area (Å²) in [5.74, 6) is 0. The van der Waals surface area contributed by atoms with Crippen LogP contribution in [0, 0.1) is 0 Å². The molecule has 2 aliphatic heterocycles. The predicted molar refractivity (Wildman–Crippen MR) is 66.8 cm³/mol. The topological polar surface area (TPSA) is 13.0 Å². The molecular formula is C12H26N4. The van der Waals surface area contributed by atoms with E-state index >= 15 is 0 Å². The number of fused-ring (bicyclic) bond motifs is 1. The maximum absolute atomic E-state index is 2.60. The van der Waals surface area contributed by atoms with Gasteiger partial charge in [-0.15, -0.1) is 0 Å². The second-order valence-corrected chi connectivity index (χ2v) is 4.73. The number of rotatable bonds is 4. The first-order valence-electron chi connectivity index (χ1n) is 6.72. The molecule has 0 bridgehead atoms. The monoisotopic (exact) mass is 226 g/mol. The SMILES string of the molecule is CCN1CN(CC)C2C1N(CC)CN2CC. The Kier molecular flexibility index (Phi) is 3.85. The second kappa shape index (κ2) is 5.00. The third-order valence-electron chi connectivity index (χ3n) is 4.11. The highest BCUT2D eigenvalue weighted by Crippen LogP contribution is 2.31. The van der Waals surface area contributed by atoms with E-state index in [1.807, 2.05) is 0 Å². The first kappa shape index (κ1) is 12.3. The van der Waals surface area contributed by atoms with E-state index in [1.165, 1.54) is 0 Å². The number of hydrogen-bond acceptors (Lipinski definition) is 4. The van der Waals surface area contributed by atoms with Crippen molar-refractivity contribution in [2.45, 2.75) is 40.0 Å². The van der Waals surface area contributed by atoms with Crippen molar-refractivity contribution in [2.24, 2.45) is 0 Å². The highest BCUT2D eigenvalue weighted by atomic mass is 15.6. The van der Waals surface area contributed by atoms with Gasteiger partial charge in [0.2, 0.25) is 0 Å². The van der Waals surface area contributed by atoms with E-state index in [0.29, 0.717) is 12.3 Å². The molecule has 0 atom stereocenters. The lowest BCUT2D eigenvalue weighted by Crippen LogP contribution is -2.45. The standard InChI is InChI=1S/C12H26N4/c1-5-13-9-14(6-2)12-11(13)15(7-3)10-16(12)8-4/h11-12H,5-10H2,1-4H3. The number of likely N-dealkylation sites (N-methyl/N-ethyl adjacent to an activating group) is 4. The summed E-state index contributed by atoms with van der Waals surface area (Å²) in [5.41, 5.74) is 0. The lowest BCUT2D eigenvalue weighted by atomic mass is 10.3. The van der Waals surface area contributed by atoms with Crippen LogP contribution in [-0.2, 0) is 0 Å². The van der Waals surface area contributed by atoms with E-state index in [2.05, 4.69) is 47.3 Å². The fourth-order valence-corrected chi connectivity index (χ4v) is 3.17. The molecule has 0 saturated carbocycles. The van der Waals surface area contributed by atoms with Crippen molar-refractivity contribution in [1.82, 2.24) is 19.6 Å². The molecular weight excluding hydrogens is 200 g/mol. The molecule has 0 N–H and O–H groups in total. The Morgan fingerprint density at radius 2 is 0.875 bits per heavy atom. The molecule has 2 saturated heterocycles. The predicted octanol–water partition coefficient (Wildman–Crippen LogP) is 0.868. The van der Waals surface area contributed by atoms with Gasteiger partial charge >= 0.3 is 0 Å². The summed E-state index contributed by atoms with van der Waals surface area (Å²) in [5, 5.41) is 0. The molecule has 0 unspecified atom stereocenters. The highest BCUT2D eigenvalue weighted by molar-refractivity contribution is 4.96. The quantitative estimate of drug-likeness (QED) is 0.705. The van der Waals surface area contributed by atoms with Gasteiger partial charge in [0, 0.05) is 0 Å². The van der Waals surface area contributed by atoms with Crippen LogP contribution >= 0.6 is 0 Å². The van der Waals surface area contributed by atoms with Gasteiger partial charge in [-0.1, -0.05) is 27.7 Å². The molecule has 0 spiro atoms. The van der Waals surface area contributed by atoms with Crippen molar-refractivity contribution in [3.05, 3.63) is 0 Å². The molecule has 4 heteroatoms. The van der Waals surface area contributed by atoms with Gasteiger partial charge in [-0.3, -0.25) is 19.6 Å². The Labute approximate surface area is 99.8 Å². The molecule has 2 rings (SSSR count). The fourth-order valence-electron chi connectivity index (χ4n) is 3.17. The van der Waals surface area contributed by atoms with Crippen LogP contribution < -0.4 is 0 Å². The zero-order valence-corrected chi connectivity index (χ0v) is 11.2. The molecule has 2 fully saturated rings. The van der Waals surface area contributed by atoms with Gasteiger partial charge in [-0.2, -0.15) is 0 Å².